The van der Waals surface area contributed by atoms with E-state index in [1.165, 1.54) is 25.9 Å². The minimum Gasteiger partial charge on any atom is -0.329 e. The van der Waals surface area contributed by atoms with Gasteiger partial charge in [-0.05, 0) is 47.8 Å². The Morgan fingerprint density at radius 2 is 1.67 bits per heavy atom. The molecule has 0 radical (unpaired) electrons. The highest BCUT2D eigenvalue weighted by Gasteiger charge is 2.37. The molecule has 108 valence electrons. The van der Waals surface area contributed by atoms with Crippen molar-refractivity contribution in [2.45, 2.75) is 38.3 Å². The maximum atomic E-state index is 6.09. The molecule has 0 spiro atoms. The van der Waals surface area contributed by atoms with Crippen molar-refractivity contribution in [1.29, 1.82) is 0 Å². The van der Waals surface area contributed by atoms with Gasteiger partial charge in [0, 0.05) is 44.3 Å². The zero-order valence-corrected chi connectivity index (χ0v) is 12.9. The summed E-state index contributed by atoms with van der Waals surface area (Å²) in [4.78, 5) is 7.29. The Morgan fingerprint density at radius 3 is 2.06 bits per heavy atom. The molecule has 0 aliphatic carbocycles. The fraction of sp³-hybridized carbons (Fsp3) is 1.00. The highest BCUT2D eigenvalue weighted by molar-refractivity contribution is 4.95. The summed E-state index contributed by atoms with van der Waals surface area (Å²) in [6, 6.07) is 0.660. The van der Waals surface area contributed by atoms with Crippen molar-refractivity contribution in [3.05, 3.63) is 0 Å². The van der Waals surface area contributed by atoms with Gasteiger partial charge in [0.2, 0.25) is 0 Å². The maximum absolute atomic E-state index is 6.09. The lowest BCUT2D eigenvalue weighted by atomic mass is 9.85. The Morgan fingerprint density at radius 1 is 1.11 bits per heavy atom. The van der Waals surface area contributed by atoms with Crippen LogP contribution in [-0.2, 0) is 0 Å². The molecule has 0 atom stereocenters. The van der Waals surface area contributed by atoms with Crippen LogP contribution in [0.4, 0.5) is 0 Å². The van der Waals surface area contributed by atoms with Gasteiger partial charge in [0.15, 0.2) is 0 Å². The summed E-state index contributed by atoms with van der Waals surface area (Å²) in [5.41, 5.74) is 6.32. The molecular weight excluding hydrogens is 224 g/mol. The Bertz CT molecular complexity index is 232. The van der Waals surface area contributed by atoms with Crippen molar-refractivity contribution in [2.75, 3.05) is 53.9 Å². The standard InChI is InChI=1S/C14H32N4/c1-13(2)18-8-6-14(12-15,7-9-18)17(5)11-10-16(3)4/h13H,6-12,15H2,1-5H3. The van der Waals surface area contributed by atoms with Crippen LogP contribution in [0.1, 0.15) is 26.7 Å². The van der Waals surface area contributed by atoms with Gasteiger partial charge in [-0.1, -0.05) is 0 Å². The molecule has 2 N–H and O–H groups in total. The third-order valence-electron chi connectivity index (χ3n) is 4.53. The van der Waals surface area contributed by atoms with Gasteiger partial charge in [-0.3, -0.25) is 4.90 Å². The Labute approximate surface area is 113 Å². The predicted molar refractivity (Wildman–Crippen MR) is 78.9 cm³/mol. The average molecular weight is 256 g/mol. The first-order valence-electron chi connectivity index (χ1n) is 7.21. The number of nitrogens with two attached hydrogens (primary N) is 1. The predicted octanol–water partition coefficient (Wildman–Crippen LogP) is 0.682. The van der Waals surface area contributed by atoms with Crippen LogP contribution in [0.3, 0.4) is 0 Å². The third-order valence-corrected chi connectivity index (χ3v) is 4.53. The Hall–Kier alpha value is -0.160. The van der Waals surface area contributed by atoms with E-state index in [4.69, 9.17) is 5.73 Å². The van der Waals surface area contributed by atoms with Gasteiger partial charge >= 0.3 is 0 Å². The molecule has 0 bridgehead atoms. The fourth-order valence-electron chi connectivity index (χ4n) is 2.79. The van der Waals surface area contributed by atoms with Crippen LogP contribution < -0.4 is 5.73 Å². The first kappa shape index (κ1) is 15.9. The van der Waals surface area contributed by atoms with Crippen LogP contribution in [0.2, 0.25) is 0 Å². The number of rotatable bonds is 6. The van der Waals surface area contributed by atoms with E-state index in [-0.39, 0.29) is 5.54 Å². The van der Waals surface area contributed by atoms with E-state index >= 15 is 0 Å². The normalized spacial score (nSPS) is 21.2. The molecule has 0 amide bonds. The van der Waals surface area contributed by atoms with Gasteiger partial charge in [-0.2, -0.15) is 0 Å². The number of likely N-dealkylation sites (tertiary alicyclic amines) is 1. The molecule has 0 unspecified atom stereocenters. The zero-order valence-electron chi connectivity index (χ0n) is 12.9. The second-order valence-electron chi connectivity index (χ2n) is 6.28. The molecule has 0 aromatic carbocycles. The molecule has 4 heteroatoms. The van der Waals surface area contributed by atoms with E-state index in [0.29, 0.717) is 6.04 Å². The van der Waals surface area contributed by atoms with E-state index < -0.39 is 0 Å². The van der Waals surface area contributed by atoms with Crippen molar-refractivity contribution >= 4 is 0 Å². The van der Waals surface area contributed by atoms with Crippen molar-refractivity contribution < 1.29 is 0 Å². The molecule has 4 nitrogen and oxygen atoms in total. The third kappa shape index (κ3) is 3.92. The second kappa shape index (κ2) is 6.85. The molecule has 1 aliphatic rings. The van der Waals surface area contributed by atoms with E-state index in [2.05, 4.69) is 49.7 Å². The summed E-state index contributed by atoms with van der Waals surface area (Å²) in [5.74, 6) is 0. The number of nitrogens with zero attached hydrogens (tertiary/aromatic N) is 3. The quantitative estimate of drug-likeness (QED) is 0.758. The van der Waals surface area contributed by atoms with Crippen molar-refractivity contribution in [3.63, 3.8) is 0 Å². The first-order valence-corrected chi connectivity index (χ1v) is 7.21. The second-order valence-corrected chi connectivity index (χ2v) is 6.28. The topological polar surface area (TPSA) is 35.7 Å². The summed E-state index contributed by atoms with van der Waals surface area (Å²) in [5, 5.41) is 0. The van der Waals surface area contributed by atoms with Gasteiger partial charge in [0.05, 0.1) is 0 Å². The molecule has 0 saturated carbocycles. The average Bonchev–Trinajstić information content (AvgIpc) is 2.35. The summed E-state index contributed by atoms with van der Waals surface area (Å²) >= 11 is 0. The van der Waals surface area contributed by atoms with Crippen LogP contribution in [0.25, 0.3) is 0 Å². The van der Waals surface area contributed by atoms with Gasteiger partial charge < -0.3 is 15.5 Å². The molecule has 0 aromatic heterocycles. The maximum Gasteiger partial charge on any atom is 0.0353 e. The van der Waals surface area contributed by atoms with Gasteiger partial charge in [-0.15, -0.1) is 0 Å². The molecule has 1 heterocycles. The molecule has 18 heavy (non-hydrogen) atoms. The Kier molecular flexibility index (Phi) is 6.05. The number of likely N-dealkylation sites (N-methyl/N-ethyl adjacent to an activating group) is 2. The minimum absolute atomic E-state index is 0.224. The van der Waals surface area contributed by atoms with Crippen LogP contribution in [0.15, 0.2) is 0 Å². The molecule has 1 rings (SSSR count). The molecule has 1 saturated heterocycles. The van der Waals surface area contributed by atoms with Crippen LogP contribution in [0.5, 0.6) is 0 Å². The lowest BCUT2D eigenvalue weighted by Gasteiger charge is -2.48. The highest BCUT2D eigenvalue weighted by atomic mass is 15.2. The van der Waals surface area contributed by atoms with E-state index in [0.717, 1.165) is 19.6 Å². The lowest BCUT2D eigenvalue weighted by molar-refractivity contribution is 0.0314. The number of hydrogen-bond acceptors (Lipinski definition) is 4. The van der Waals surface area contributed by atoms with E-state index in [9.17, 15) is 0 Å². The zero-order chi connectivity index (χ0) is 13.8. The van der Waals surface area contributed by atoms with Crippen molar-refractivity contribution in [2.24, 2.45) is 5.73 Å². The van der Waals surface area contributed by atoms with Crippen LogP contribution in [-0.4, -0.2) is 80.1 Å². The monoisotopic (exact) mass is 256 g/mol. The fourth-order valence-corrected chi connectivity index (χ4v) is 2.79. The summed E-state index contributed by atoms with van der Waals surface area (Å²) < 4.78 is 0. The molecular formula is C14H32N4. The smallest absolute Gasteiger partial charge is 0.0353 e. The van der Waals surface area contributed by atoms with Crippen molar-refractivity contribution in [1.82, 2.24) is 14.7 Å². The molecule has 0 aromatic rings. The number of hydrogen-bond donors (Lipinski definition) is 1. The summed E-state index contributed by atoms with van der Waals surface area (Å²) in [6.07, 6.45) is 2.40. The highest BCUT2D eigenvalue weighted by Crippen LogP contribution is 2.27. The SMILES string of the molecule is CC(C)N1CCC(CN)(N(C)CCN(C)C)CC1. The van der Waals surface area contributed by atoms with Crippen molar-refractivity contribution in [3.8, 4) is 0 Å². The van der Waals surface area contributed by atoms with Crippen LogP contribution in [0, 0.1) is 0 Å². The van der Waals surface area contributed by atoms with Gasteiger partial charge in [-0.25, -0.2) is 0 Å². The first-order chi connectivity index (χ1) is 8.41. The molecule has 1 aliphatic heterocycles. The van der Waals surface area contributed by atoms with Gasteiger partial charge in [0.1, 0.15) is 0 Å². The van der Waals surface area contributed by atoms with E-state index in [1.54, 1.807) is 0 Å². The number of piperidine rings is 1. The minimum atomic E-state index is 0.224. The van der Waals surface area contributed by atoms with E-state index in [1.807, 2.05) is 0 Å². The largest absolute Gasteiger partial charge is 0.329 e. The van der Waals surface area contributed by atoms with Crippen LogP contribution >= 0.6 is 0 Å². The molecule has 1 fully saturated rings. The Balaban J connectivity index is 2.54. The lowest BCUT2D eigenvalue weighted by Crippen LogP contribution is -2.59. The summed E-state index contributed by atoms with van der Waals surface area (Å²) in [7, 11) is 6.50. The van der Waals surface area contributed by atoms with Gasteiger partial charge in [0.25, 0.3) is 0 Å². The summed E-state index contributed by atoms with van der Waals surface area (Å²) in [6.45, 7) is 9.92.